The molecular weight excluding hydrogens is 236 g/mol. The van der Waals surface area contributed by atoms with Crippen molar-refractivity contribution in [1.82, 2.24) is 15.1 Å². The normalized spacial score (nSPS) is 14.4. The first-order valence-corrected chi connectivity index (χ1v) is 6.82. The standard InChI is InChI=1S/C11H20N4OS/c1-4-17-7-8(2)14-11(16)10(12)9-5-13-15(3)6-9/h5-6,8,10H,4,7,12H2,1-3H3,(H,14,16). The number of nitrogens with one attached hydrogen (secondary N) is 1. The predicted octanol–water partition coefficient (Wildman–Crippen LogP) is 0.678. The maximum Gasteiger partial charge on any atom is 0.241 e. The zero-order valence-electron chi connectivity index (χ0n) is 10.5. The van der Waals surface area contributed by atoms with Crippen molar-refractivity contribution >= 4 is 17.7 Å². The molecule has 0 radical (unpaired) electrons. The molecule has 0 aliphatic heterocycles. The Labute approximate surface area is 106 Å². The highest BCUT2D eigenvalue weighted by Crippen LogP contribution is 2.09. The monoisotopic (exact) mass is 256 g/mol. The van der Waals surface area contributed by atoms with Crippen molar-refractivity contribution in [3.63, 3.8) is 0 Å². The van der Waals surface area contributed by atoms with E-state index in [0.717, 1.165) is 17.1 Å². The Morgan fingerprint density at radius 2 is 2.41 bits per heavy atom. The van der Waals surface area contributed by atoms with Gasteiger partial charge in [0, 0.05) is 30.6 Å². The van der Waals surface area contributed by atoms with Crippen molar-refractivity contribution in [2.45, 2.75) is 25.9 Å². The van der Waals surface area contributed by atoms with Gasteiger partial charge >= 0.3 is 0 Å². The Hall–Kier alpha value is -1.01. The molecule has 0 spiro atoms. The summed E-state index contributed by atoms with van der Waals surface area (Å²) in [5.41, 5.74) is 6.59. The molecule has 2 unspecified atom stereocenters. The first-order chi connectivity index (χ1) is 8.04. The van der Waals surface area contributed by atoms with Gasteiger partial charge in [-0.1, -0.05) is 6.92 Å². The fourth-order valence-electron chi connectivity index (χ4n) is 1.42. The summed E-state index contributed by atoms with van der Waals surface area (Å²) in [6.45, 7) is 4.08. The van der Waals surface area contributed by atoms with Crippen molar-refractivity contribution in [1.29, 1.82) is 0 Å². The number of hydrogen-bond donors (Lipinski definition) is 2. The fraction of sp³-hybridized carbons (Fsp3) is 0.636. The molecule has 1 aromatic rings. The van der Waals surface area contributed by atoms with Crippen LogP contribution in [0.25, 0.3) is 0 Å². The van der Waals surface area contributed by atoms with Gasteiger partial charge in [0.15, 0.2) is 0 Å². The average Bonchev–Trinajstić information content (AvgIpc) is 2.72. The number of thioether (sulfide) groups is 1. The number of carbonyl (C=O) groups excluding carboxylic acids is 1. The first-order valence-electron chi connectivity index (χ1n) is 5.66. The maximum absolute atomic E-state index is 11.8. The minimum absolute atomic E-state index is 0.134. The summed E-state index contributed by atoms with van der Waals surface area (Å²) in [7, 11) is 1.80. The minimum atomic E-state index is -0.641. The highest BCUT2D eigenvalue weighted by Gasteiger charge is 2.18. The molecule has 0 fully saturated rings. The molecule has 1 amide bonds. The van der Waals surface area contributed by atoms with Gasteiger partial charge in [0.2, 0.25) is 5.91 Å². The predicted molar refractivity (Wildman–Crippen MR) is 70.7 cm³/mol. The number of rotatable bonds is 6. The van der Waals surface area contributed by atoms with Crippen LogP contribution in [0.3, 0.4) is 0 Å². The van der Waals surface area contributed by atoms with Gasteiger partial charge < -0.3 is 11.1 Å². The van der Waals surface area contributed by atoms with Gasteiger partial charge in [0.1, 0.15) is 6.04 Å². The molecule has 6 heteroatoms. The second-order valence-corrected chi connectivity index (χ2v) is 5.31. The topological polar surface area (TPSA) is 72.9 Å². The van der Waals surface area contributed by atoms with Crippen molar-refractivity contribution in [2.24, 2.45) is 12.8 Å². The molecule has 0 aromatic carbocycles. The molecule has 96 valence electrons. The van der Waals surface area contributed by atoms with Crippen LogP contribution in [0, 0.1) is 0 Å². The van der Waals surface area contributed by atoms with E-state index >= 15 is 0 Å². The zero-order valence-corrected chi connectivity index (χ0v) is 11.3. The number of nitrogens with two attached hydrogens (primary N) is 1. The van der Waals surface area contributed by atoms with E-state index in [2.05, 4.69) is 17.3 Å². The summed E-state index contributed by atoms with van der Waals surface area (Å²) in [4.78, 5) is 11.8. The Balaban J connectivity index is 2.47. The summed E-state index contributed by atoms with van der Waals surface area (Å²) in [6, 6.07) is -0.507. The van der Waals surface area contributed by atoms with Crippen LogP contribution in [0.5, 0.6) is 0 Å². The second-order valence-electron chi connectivity index (χ2n) is 3.99. The Kier molecular flexibility index (Phi) is 5.50. The molecule has 0 saturated carbocycles. The Morgan fingerprint density at radius 1 is 1.71 bits per heavy atom. The van der Waals surface area contributed by atoms with Gasteiger partial charge in [-0.25, -0.2) is 0 Å². The number of amides is 1. The third-order valence-electron chi connectivity index (χ3n) is 2.33. The largest absolute Gasteiger partial charge is 0.351 e. The van der Waals surface area contributed by atoms with Crippen LogP contribution in [0.4, 0.5) is 0 Å². The Morgan fingerprint density at radius 3 is 2.94 bits per heavy atom. The van der Waals surface area contributed by atoms with Crippen LogP contribution in [0.2, 0.25) is 0 Å². The lowest BCUT2D eigenvalue weighted by atomic mass is 10.1. The summed E-state index contributed by atoms with van der Waals surface area (Å²) in [5.74, 6) is 1.80. The lowest BCUT2D eigenvalue weighted by Gasteiger charge is -2.16. The van der Waals surface area contributed by atoms with E-state index in [1.807, 2.05) is 6.92 Å². The number of aryl methyl sites for hydroxylation is 1. The summed E-state index contributed by atoms with van der Waals surface area (Å²) in [5, 5.41) is 6.90. The van der Waals surface area contributed by atoms with E-state index < -0.39 is 6.04 Å². The van der Waals surface area contributed by atoms with Gasteiger partial charge in [-0.15, -0.1) is 0 Å². The fourth-order valence-corrected chi connectivity index (χ4v) is 2.09. The number of nitrogens with zero attached hydrogens (tertiary/aromatic N) is 2. The van der Waals surface area contributed by atoms with Crippen molar-refractivity contribution < 1.29 is 4.79 Å². The smallest absolute Gasteiger partial charge is 0.241 e. The lowest BCUT2D eigenvalue weighted by Crippen LogP contribution is -2.40. The molecule has 5 nitrogen and oxygen atoms in total. The van der Waals surface area contributed by atoms with Crippen LogP contribution in [-0.4, -0.2) is 33.2 Å². The minimum Gasteiger partial charge on any atom is -0.351 e. The van der Waals surface area contributed by atoms with Crippen LogP contribution in [-0.2, 0) is 11.8 Å². The van der Waals surface area contributed by atoms with Crippen molar-refractivity contribution in [3.8, 4) is 0 Å². The Bertz CT molecular complexity index is 366. The molecule has 1 aromatic heterocycles. The maximum atomic E-state index is 11.8. The second kappa shape index (κ2) is 6.66. The molecule has 0 bridgehead atoms. The molecule has 1 rings (SSSR count). The van der Waals surface area contributed by atoms with Crippen LogP contribution in [0.1, 0.15) is 25.5 Å². The molecule has 3 N–H and O–H groups in total. The van der Waals surface area contributed by atoms with Crippen molar-refractivity contribution in [3.05, 3.63) is 18.0 Å². The van der Waals surface area contributed by atoms with E-state index in [4.69, 9.17) is 5.73 Å². The van der Waals surface area contributed by atoms with E-state index in [9.17, 15) is 4.79 Å². The van der Waals surface area contributed by atoms with Gasteiger partial charge in [0.25, 0.3) is 0 Å². The van der Waals surface area contributed by atoms with Gasteiger partial charge in [-0.3, -0.25) is 9.48 Å². The summed E-state index contributed by atoms with van der Waals surface area (Å²) in [6.07, 6.45) is 3.38. The van der Waals surface area contributed by atoms with Crippen LogP contribution < -0.4 is 11.1 Å². The van der Waals surface area contributed by atoms with E-state index in [-0.39, 0.29) is 11.9 Å². The SMILES string of the molecule is CCSCC(C)NC(=O)C(N)c1cnn(C)c1. The van der Waals surface area contributed by atoms with E-state index in [1.54, 1.807) is 35.9 Å². The van der Waals surface area contributed by atoms with Crippen LogP contribution in [0.15, 0.2) is 12.4 Å². The van der Waals surface area contributed by atoms with Crippen LogP contribution >= 0.6 is 11.8 Å². The van der Waals surface area contributed by atoms with E-state index in [1.165, 1.54) is 0 Å². The van der Waals surface area contributed by atoms with Crippen molar-refractivity contribution in [2.75, 3.05) is 11.5 Å². The van der Waals surface area contributed by atoms with Gasteiger partial charge in [-0.05, 0) is 12.7 Å². The number of hydrogen-bond acceptors (Lipinski definition) is 4. The third kappa shape index (κ3) is 4.40. The number of carbonyl (C=O) groups is 1. The molecule has 2 atom stereocenters. The molecule has 0 aliphatic rings. The number of aromatic nitrogens is 2. The average molecular weight is 256 g/mol. The highest BCUT2D eigenvalue weighted by molar-refractivity contribution is 7.99. The molecule has 0 aliphatic carbocycles. The molecule has 17 heavy (non-hydrogen) atoms. The van der Waals surface area contributed by atoms with Gasteiger partial charge in [-0.2, -0.15) is 16.9 Å². The zero-order chi connectivity index (χ0) is 12.8. The molecular formula is C11H20N4OS. The molecule has 0 saturated heterocycles. The van der Waals surface area contributed by atoms with Gasteiger partial charge in [0.05, 0.1) is 6.20 Å². The lowest BCUT2D eigenvalue weighted by molar-refractivity contribution is -0.122. The first kappa shape index (κ1) is 14.1. The summed E-state index contributed by atoms with van der Waals surface area (Å²) < 4.78 is 1.64. The van der Waals surface area contributed by atoms with E-state index in [0.29, 0.717) is 0 Å². The highest BCUT2D eigenvalue weighted by atomic mass is 32.2. The quantitative estimate of drug-likeness (QED) is 0.785. The third-order valence-corrected chi connectivity index (χ3v) is 3.47. The molecule has 1 heterocycles. The summed E-state index contributed by atoms with van der Waals surface area (Å²) >= 11 is 1.80.